The van der Waals surface area contributed by atoms with Gasteiger partial charge in [-0.05, 0) is 13.8 Å². The van der Waals surface area contributed by atoms with Gasteiger partial charge in [-0.3, -0.25) is 10.00 Å². The quantitative estimate of drug-likeness (QED) is 0.742. The molecule has 0 amide bonds. The summed E-state index contributed by atoms with van der Waals surface area (Å²) < 4.78 is 1.83. The lowest BCUT2D eigenvalue weighted by Crippen LogP contribution is -2.23. The molecule has 0 aromatic carbocycles. The summed E-state index contributed by atoms with van der Waals surface area (Å²) in [6.07, 6.45) is 1.83. The van der Waals surface area contributed by atoms with Gasteiger partial charge in [-0.2, -0.15) is 10.4 Å². The molecule has 0 radical (unpaired) electrons. The lowest BCUT2D eigenvalue weighted by molar-refractivity contribution is 0.638. The van der Waals surface area contributed by atoms with Crippen molar-refractivity contribution < 1.29 is 0 Å². The maximum absolute atomic E-state index is 8.55. The van der Waals surface area contributed by atoms with Crippen LogP contribution in [0.4, 0.5) is 0 Å². The predicted molar refractivity (Wildman–Crippen MR) is 49.9 cm³/mol. The lowest BCUT2D eigenvalue weighted by Gasteiger charge is -2.04. The Kier molecular flexibility index (Phi) is 3.04. The van der Waals surface area contributed by atoms with Crippen LogP contribution in [0.3, 0.4) is 0 Å². The van der Waals surface area contributed by atoms with E-state index in [1.165, 1.54) is 0 Å². The van der Waals surface area contributed by atoms with Crippen molar-refractivity contribution >= 4 is 0 Å². The third kappa shape index (κ3) is 2.30. The fourth-order valence-corrected chi connectivity index (χ4v) is 1.03. The van der Waals surface area contributed by atoms with Crippen LogP contribution in [-0.4, -0.2) is 15.8 Å². The van der Waals surface area contributed by atoms with Crippen LogP contribution >= 0.6 is 0 Å². The molecule has 13 heavy (non-hydrogen) atoms. The summed E-state index contributed by atoms with van der Waals surface area (Å²) in [5.74, 6) is 0. The van der Waals surface area contributed by atoms with Crippen LogP contribution in [0.5, 0.6) is 0 Å². The van der Waals surface area contributed by atoms with Gasteiger partial charge in [0.25, 0.3) is 0 Å². The van der Waals surface area contributed by atoms with Crippen molar-refractivity contribution in [2.45, 2.75) is 26.4 Å². The van der Waals surface area contributed by atoms with Crippen molar-refractivity contribution in [3.05, 3.63) is 17.5 Å². The minimum Gasteiger partial charge on any atom is -0.298 e. The first-order chi connectivity index (χ1) is 6.15. The van der Waals surface area contributed by atoms with Crippen LogP contribution in [0, 0.1) is 18.3 Å². The van der Waals surface area contributed by atoms with E-state index in [0.717, 1.165) is 11.3 Å². The number of nitrogens with zero attached hydrogens (tertiary/aromatic N) is 3. The molecule has 0 saturated carbocycles. The summed E-state index contributed by atoms with van der Waals surface area (Å²) in [4.78, 5) is 0. The number of aryl methyl sites for hydroxylation is 1. The van der Waals surface area contributed by atoms with E-state index in [-0.39, 0.29) is 6.04 Å². The van der Waals surface area contributed by atoms with Crippen LogP contribution in [0.15, 0.2) is 6.20 Å². The highest BCUT2D eigenvalue weighted by Crippen LogP contribution is 2.04. The zero-order chi connectivity index (χ0) is 9.84. The van der Waals surface area contributed by atoms with Gasteiger partial charge in [-0.15, -0.1) is 0 Å². The molecule has 1 N–H and O–H groups in total. The molecule has 4 heteroatoms. The number of nitrogens with one attached hydrogen (secondary N) is 1. The van der Waals surface area contributed by atoms with Gasteiger partial charge in [0.1, 0.15) is 0 Å². The third-order valence-electron chi connectivity index (χ3n) is 2.13. The second kappa shape index (κ2) is 4.06. The summed E-state index contributed by atoms with van der Waals surface area (Å²) in [7, 11) is 1.91. The summed E-state index contributed by atoms with van der Waals surface area (Å²) >= 11 is 0. The SMILES string of the molecule is Cc1c(CNC(C)C#N)cnn1C. The molecule has 70 valence electrons. The smallest absolute Gasteiger partial charge is 0.0927 e. The monoisotopic (exact) mass is 178 g/mol. The van der Waals surface area contributed by atoms with Crippen molar-refractivity contribution in [3.63, 3.8) is 0 Å². The fraction of sp³-hybridized carbons (Fsp3) is 0.556. The molecule has 1 rings (SSSR count). The van der Waals surface area contributed by atoms with Crippen molar-refractivity contribution in [3.8, 4) is 6.07 Å². The number of nitriles is 1. The van der Waals surface area contributed by atoms with Gasteiger partial charge >= 0.3 is 0 Å². The average molecular weight is 178 g/mol. The lowest BCUT2D eigenvalue weighted by atomic mass is 10.2. The molecule has 0 aliphatic carbocycles. The van der Waals surface area contributed by atoms with Gasteiger partial charge in [0.05, 0.1) is 18.3 Å². The molecule has 1 aromatic rings. The van der Waals surface area contributed by atoms with Crippen molar-refractivity contribution in [1.82, 2.24) is 15.1 Å². The Bertz CT molecular complexity index is 321. The van der Waals surface area contributed by atoms with Crippen LogP contribution in [-0.2, 0) is 13.6 Å². The standard InChI is InChI=1S/C9H14N4/c1-7(4-10)11-5-9-6-12-13(3)8(9)2/h6-7,11H,5H2,1-3H3. The van der Waals surface area contributed by atoms with E-state index in [4.69, 9.17) is 5.26 Å². The Morgan fingerprint density at radius 1 is 1.77 bits per heavy atom. The Hall–Kier alpha value is -1.34. The molecule has 0 bridgehead atoms. The maximum Gasteiger partial charge on any atom is 0.0927 e. The second-order valence-electron chi connectivity index (χ2n) is 3.11. The normalized spacial score (nSPS) is 12.5. The molecule has 0 fully saturated rings. The van der Waals surface area contributed by atoms with Gasteiger partial charge in [0, 0.05) is 24.8 Å². The summed E-state index contributed by atoms with van der Waals surface area (Å²) in [6, 6.07) is 2.01. The van der Waals surface area contributed by atoms with E-state index in [1.807, 2.05) is 31.8 Å². The van der Waals surface area contributed by atoms with E-state index in [9.17, 15) is 0 Å². The van der Waals surface area contributed by atoms with E-state index < -0.39 is 0 Å². The Morgan fingerprint density at radius 2 is 2.46 bits per heavy atom. The minimum absolute atomic E-state index is 0.111. The highest BCUT2D eigenvalue weighted by atomic mass is 15.3. The number of hydrogen-bond acceptors (Lipinski definition) is 3. The molecule has 1 aromatic heterocycles. The summed E-state index contributed by atoms with van der Waals surface area (Å²) in [5.41, 5.74) is 2.28. The van der Waals surface area contributed by atoms with Gasteiger partial charge in [0.2, 0.25) is 0 Å². The number of hydrogen-bond donors (Lipinski definition) is 1. The molecule has 0 aliphatic rings. The molecule has 4 nitrogen and oxygen atoms in total. The van der Waals surface area contributed by atoms with Crippen molar-refractivity contribution in [1.29, 1.82) is 5.26 Å². The molecule has 1 unspecified atom stereocenters. The average Bonchev–Trinajstić information content (AvgIpc) is 2.44. The predicted octanol–water partition coefficient (Wildman–Crippen LogP) is 0.730. The first-order valence-electron chi connectivity index (χ1n) is 4.25. The largest absolute Gasteiger partial charge is 0.298 e. The molecular formula is C9H14N4. The minimum atomic E-state index is -0.111. The van der Waals surface area contributed by atoms with Crippen LogP contribution < -0.4 is 5.32 Å². The molecule has 0 aliphatic heterocycles. The molecule has 0 spiro atoms. The van der Waals surface area contributed by atoms with E-state index in [1.54, 1.807) is 0 Å². The highest BCUT2D eigenvalue weighted by Gasteiger charge is 2.04. The second-order valence-corrected chi connectivity index (χ2v) is 3.11. The number of aromatic nitrogens is 2. The molecule has 1 atom stereocenters. The van der Waals surface area contributed by atoms with Gasteiger partial charge < -0.3 is 0 Å². The molecule has 1 heterocycles. The topological polar surface area (TPSA) is 53.6 Å². The first-order valence-corrected chi connectivity index (χ1v) is 4.25. The fourth-order valence-electron chi connectivity index (χ4n) is 1.03. The molecular weight excluding hydrogens is 164 g/mol. The number of rotatable bonds is 3. The molecule has 0 saturated heterocycles. The van der Waals surface area contributed by atoms with Crippen LogP contribution in [0.1, 0.15) is 18.2 Å². The zero-order valence-corrected chi connectivity index (χ0v) is 8.20. The van der Waals surface area contributed by atoms with Crippen LogP contribution in [0.25, 0.3) is 0 Å². The first kappa shape index (κ1) is 9.75. The van der Waals surface area contributed by atoms with Gasteiger partial charge in [-0.25, -0.2) is 0 Å². The van der Waals surface area contributed by atoms with E-state index in [2.05, 4.69) is 16.5 Å². The Balaban J connectivity index is 2.56. The Morgan fingerprint density at radius 3 is 2.92 bits per heavy atom. The maximum atomic E-state index is 8.55. The van der Waals surface area contributed by atoms with Crippen molar-refractivity contribution in [2.24, 2.45) is 7.05 Å². The van der Waals surface area contributed by atoms with Gasteiger partial charge in [-0.1, -0.05) is 0 Å². The van der Waals surface area contributed by atoms with Crippen molar-refractivity contribution in [2.75, 3.05) is 0 Å². The summed E-state index contributed by atoms with van der Waals surface area (Å²) in [5, 5.41) is 15.8. The Labute approximate surface area is 78.2 Å². The van der Waals surface area contributed by atoms with E-state index >= 15 is 0 Å². The third-order valence-corrected chi connectivity index (χ3v) is 2.13. The van der Waals surface area contributed by atoms with Crippen LogP contribution in [0.2, 0.25) is 0 Å². The summed E-state index contributed by atoms with van der Waals surface area (Å²) in [6.45, 7) is 4.56. The zero-order valence-electron chi connectivity index (χ0n) is 8.20. The van der Waals surface area contributed by atoms with Gasteiger partial charge in [0.15, 0.2) is 0 Å². The van der Waals surface area contributed by atoms with E-state index in [0.29, 0.717) is 6.54 Å². The highest BCUT2D eigenvalue weighted by molar-refractivity contribution is 5.15.